The number of ether oxygens (including phenoxy) is 1. The van der Waals surface area contributed by atoms with Gasteiger partial charge in [0, 0.05) is 25.3 Å². The molecule has 0 bridgehead atoms. The molecule has 6 nitrogen and oxygen atoms in total. The summed E-state index contributed by atoms with van der Waals surface area (Å²) in [5.41, 5.74) is 0.543. The van der Waals surface area contributed by atoms with Crippen molar-refractivity contribution >= 4 is 23.2 Å². The van der Waals surface area contributed by atoms with Crippen LogP contribution in [-0.4, -0.2) is 43.4 Å². The number of anilines is 1. The molecule has 0 fully saturated rings. The molecule has 6 heteroatoms. The van der Waals surface area contributed by atoms with Crippen molar-refractivity contribution in [1.29, 1.82) is 0 Å². The van der Waals surface area contributed by atoms with Gasteiger partial charge in [-0.3, -0.25) is 4.79 Å². The van der Waals surface area contributed by atoms with Gasteiger partial charge in [-0.05, 0) is 31.2 Å². The Morgan fingerprint density at radius 2 is 1.84 bits per heavy atom. The smallest absolute Gasteiger partial charge is 0.364 e. The number of esters is 1. The molecule has 0 heterocycles. The summed E-state index contributed by atoms with van der Waals surface area (Å²) in [6.45, 7) is 1.70. The summed E-state index contributed by atoms with van der Waals surface area (Å²) in [5.74, 6) is -1.61. The summed E-state index contributed by atoms with van der Waals surface area (Å²) >= 11 is 0. The molecule has 0 aliphatic carbocycles. The Morgan fingerprint density at radius 1 is 1.26 bits per heavy atom. The molecule has 0 aliphatic rings. The van der Waals surface area contributed by atoms with Crippen LogP contribution in [0.1, 0.15) is 17.3 Å². The van der Waals surface area contributed by atoms with Gasteiger partial charge in [0.15, 0.2) is 0 Å². The summed E-state index contributed by atoms with van der Waals surface area (Å²) in [6, 6.07) is 6.57. The SMILES string of the molecule is CCOC(=O)C(=NO)C(=O)c1ccc(N(C)C)cc1. The average Bonchev–Trinajstić information content (AvgIpc) is 2.39. The van der Waals surface area contributed by atoms with E-state index in [9.17, 15) is 9.59 Å². The number of Topliss-reactive ketones (excluding diaryl/α,β-unsaturated/α-hetero) is 1. The second kappa shape index (κ2) is 6.53. The Morgan fingerprint density at radius 3 is 2.26 bits per heavy atom. The highest BCUT2D eigenvalue weighted by Gasteiger charge is 2.24. The van der Waals surface area contributed by atoms with E-state index in [1.165, 1.54) is 0 Å². The predicted molar refractivity (Wildman–Crippen MR) is 71.0 cm³/mol. The van der Waals surface area contributed by atoms with Crippen LogP contribution in [0.25, 0.3) is 0 Å². The molecule has 0 atom stereocenters. The van der Waals surface area contributed by atoms with Crippen LogP contribution in [0, 0.1) is 0 Å². The maximum Gasteiger partial charge on any atom is 0.364 e. The van der Waals surface area contributed by atoms with Gasteiger partial charge in [0.2, 0.25) is 11.5 Å². The fourth-order valence-electron chi connectivity index (χ4n) is 1.43. The minimum Gasteiger partial charge on any atom is -0.461 e. The van der Waals surface area contributed by atoms with Crippen LogP contribution in [0.3, 0.4) is 0 Å². The van der Waals surface area contributed by atoms with E-state index in [0.717, 1.165) is 5.69 Å². The van der Waals surface area contributed by atoms with Crippen molar-refractivity contribution in [1.82, 2.24) is 0 Å². The van der Waals surface area contributed by atoms with Crippen LogP contribution >= 0.6 is 0 Å². The van der Waals surface area contributed by atoms with E-state index >= 15 is 0 Å². The van der Waals surface area contributed by atoms with Crippen LogP contribution in [0.15, 0.2) is 29.4 Å². The minimum atomic E-state index is -0.938. The summed E-state index contributed by atoms with van der Waals surface area (Å²) in [5, 5.41) is 11.5. The van der Waals surface area contributed by atoms with Crippen molar-refractivity contribution in [2.45, 2.75) is 6.92 Å². The van der Waals surface area contributed by atoms with Gasteiger partial charge in [0.05, 0.1) is 6.61 Å². The molecule has 1 aromatic carbocycles. The maximum atomic E-state index is 12.0. The molecule has 0 saturated carbocycles. The molecule has 1 N–H and O–H groups in total. The standard InChI is InChI=1S/C13H16N2O4/c1-4-19-13(17)11(14-18)12(16)9-5-7-10(8-6-9)15(2)3/h5-8,18H,4H2,1-3H3. The topological polar surface area (TPSA) is 79.2 Å². The maximum absolute atomic E-state index is 12.0. The Kier molecular flexibility index (Phi) is 5.05. The van der Waals surface area contributed by atoms with Gasteiger partial charge in [-0.15, -0.1) is 0 Å². The Labute approximate surface area is 111 Å². The third-order valence-electron chi connectivity index (χ3n) is 2.43. The zero-order valence-corrected chi connectivity index (χ0v) is 11.1. The molecule has 1 aromatic rings. The van der Waals surface area contributed by atoms with Crippen molar-refractivity contribution in [3.63, 3.8) is 0 Å². The van der Waals surface area contributed by atoms with Gasteiger partial charge in [-0.2, -0.15) is 0 Å². The molecule has 0 spiro atoms. The van der Waals surface area contributed by atoms with E-state index in [4.69, 9.17) is 5.21 Å². The number of ketones is 1. The first kappa shape index (κ1) is 14.7. The van der Waals surface area contributed by atoms with Crippen molar-refractivity contribution in [2.24, 2.45) is 5.16 Å². The van der Waals surface area contributed by atoms with E-state index in [1.807, 2.05) is 19.0 Å². The van der Waals surface area contributed by atoms with E-state index in [1.54, 1.807) is 31.2 Å². The number of nitrogens with zero attached hydrogens (tertiary/aromatic N) is 2. The van der Waals surface area contributed by atoms with Crippen LogP contribution in [-0.2, 0) is 9.53 Å². The predicted octanol–water partition coefficient (Wildman–Crippen LogP) is 1.33. The number of hydrogen-bond acceptors (Lipinski definition) is 6. The van der Waals surface area contributed by atoms with Crippen LogP contribution in [0.2, 0.25) is 0 Å². The molecule has 102 valence electrons. The van der Waals surface area contributed by atoms with Crippen LogP contribution in [0.5, 0.6) is 0 Å². The minimum absolute atomic E-state index is 0.102. The van der Waals surface area contributed by atoms with E-state index < -0.39 is 17.5 Å². The highest BCUT2D eigenvalue weighted by atomic mass is 16.5. The molecular weight excluding hydrogens is 248 g/mol. The number of rotatable bonds is 5. The van der Waals surface area contributed by atoms with Gasteiger partial charge in [0.1, 0.15) is 0 Å². The fourth-order valence-corrected chi connectivity index (χ4v) is 1.43. The summed E-state index contributed by atoms with van der Waals surface area (Å²) in [7, 11) is 3.74. The van der Waals surface area contributed by atoms with Crippen molar-refractivity contribution < 1.29 is 19.5 Å². The lowest BCUT2D eigenvalue weighted by molar-refractivity contribution is -0.135. The molecule has 0 amide bonds. The molecule has 0 aliphatic heterocycles. The lowest BCUT2D eigenvalue weighted by Gasteiger charge is -2.12. The lowest BCUT2D eigenvalue weighted by Crippen LogP contribution is -2.26. The van der Waals surface area contributed by atoms with Gasteiger partial charge in [-0.25, -0.2) is 4.79 Å². The number of oxime groups is 1. The molecule has 1 rings (SSSR count). The largest absolute Gasteiger partial charge is 0.461 e. The Balaban J connectivity index is 2.95. The highest BCUT2D eigenvalue weighted by molar-refractivity contribution is 6.67. The second-order valence-corrected chi connectivity index (χ2v) is 3.94. The molecule has 0 unspecified atom stereocenters. The number of benzene rings is 1. The first-order valence-electron chi connectivity index (χ1n) is 5.72. The highest BCUT2D eigenvalue weighted by Crippen LogP contribution is 2.13. The summed E-state index contributed by atoms with van der Waals surface area (Å²) in [4.78, 5) is 25.3. The normalized spacial score (nSPS) is 11.0. The van der Waals surface area contributed by atoms with Crippen LogP contribution in [0.4, 0.5) is 5.69 Å². The van der Waals surface area contributed by atoms with Crippen molar-refractivity contribution in [3.8, 4) is 0 Å². The van der Waals surface area contributed by atoms with E-state index in [-0.39, 0.29) is 12.2 Å². The monoisotopic (exact) mass is 264 g/mol. The van der Waals surface area contributed by atoms with Gasteiger partial charge >= 0.3 is 5.97 Å². The number of carbonyl (C=O) groups is 2. The van der Waals surface area contributed by atoms with E-state index in [0.29, 0.717) is 0 Å². The van der Waals surface area contributed by atoms with Crippen molar-refractivity contribution in [2.75, 3.05) is 25.6 Å². The summed E-state index contributed by atoms with van der Waals surface area (Å²) < 4.78 is 4.64. The lowest BCUT2D eigenvalue weighted by atomic mass is 10.1. The van der Waals surface area contributed by atoms with Gasteiger partial charge < -0.3 is 14.8 Å². The van der Waals surface area contributed by atoms with Crippen LogP contribution < -0.4 is 4.90 Å². The number of hydrogen-bond donors (Lipinski definition) is 1. The first-order chi connectivity index (χ1) is 9.01. The molecule has 0 aromatic heterocycles. The molecule has 19 heavy (non-hydrogen) atoms. The third kappa shape index (κ3) is 3.54. The second-order valence-electron chi connectivity index (χ2n) is 3.94. The van der Waals surface area contributed by atoms with Crippen molar-refractivity contribution in [3.05, 3.63) is 29.8 Å². The summed E-state index contributed by atoms with van der Waals surface area (Å²) in [6.07, 6.45) is 0. The number of carbonyl (C=O) groups excluding carboxylic acids is 2. The average molecular weight is 264 g/mol. The zero-order valence-electron chi connectivity index (χ0n) is 11.1. The van der Waals surface area contributed by atoms with E-state index in [2.05, 4.69) is 9.89 Å². The molecule has 0 radical (unpaired) electrons. The quantitative estimate of drug-likeness (QED) is 0.217. The van der Waals surface area contributed by atoms with Gasteiger partial charge in [-0.1, -0.05) is 5.16 Å². The first-order valence-corrected chi connectivity index (χ1v) is 5.72. The zero-order chi connectivity index (χ0) is 14.4. The molecular formula is C13H16N2O4. The third-order valence-corrected chi connectivity index (χ3v) is 2.43. The Hall–Kier alpha value is -2.37. The molecule has 0 saturated heterocycles. The van der Waals surface area contributed by atoms with Gasteiger partial charge in [0.25, 0.3) is 0 Å². The Bertz CT molecular complexity index is 492. The fraction of sp³-hybridized carbons (Fsp3) is 0.308.